The molecule has 0 saturated carbocycles. The average molecular weight is 574 g/mol. The fraction of sp³-hybridized carbons (Fsp3) is 0.333. The van der Waals surface area contributed by atoms with Gasteiger partial charge in [-0.05, 0) is 50.2 Å². The summed E-state index contributed by atoms with van der Waals surface area (Å²) in [5.41, 5.74) is 2.19. The fourth-order valence-electron chi connectivity index (χ4n) is 3.58. The zero-order chi connectivity index (χ0) is 29.8. The Morgan fingerprint density at radius 1 is 0.615 bits per heavy atom. The number of ketones is 1. The Hall–Kier alpha value is -3.30. The van der Waals surface area contributed by atoms with E-state index in [4.69, 9.17) is 0 Å². The van der Waals surface area contributed by atoms with Gasteiger partial charge in [-0.1, -0.05) is 75.2 Å². The van der Waals surface area contributed by atoms with E-state index in [-0.39, 0.29) is 21.3 Å². The van der Waals surface area contributed by atoms with Crippen molar-refractivity contribution in [1.29, 1.82) is 0 Å². The standard InChI is InChI=1S/C26H27NO6S2.2C2H6/c1-18-4-12-23(13-5-18)34(30,31)16-22(17-35(32,33)24-14-6-19(2)7-15-24)25(28)20-8-10-21(11-9-20)26(29)27-3;2*1-2/h4-15,22H,16-17H2,1-3H3,(H,27,29);2*1-2H3. The molecule has 3 rings (SSSR count). The summed E-state index contributed by atoms with van der Waals surface area (Å²) < 4.78 is 52.6. The summed E-state index contributed by atoms with van der Waals surface area (Å²) in [5, 5.41) is 2.48. The Bertz CT molecular complexity index is 1350. The third-order valence-electron chi connectivity index (χ3n) is 5.63. The molecule has 0 radical (unpaired) electrons. The highest BCUT2D eigenvalue weighted by Crippen LogP contribution is 2.23. The number of hydrogen-bond donors (Lipinski definition) is 1. The molecule has 3 aromatic carbocycles. The predicted molar refractivity (Wildman–Crippen MR) is 157 cm³/mol. The van der Waals surface area contributed by atoms with Gasteiger partial charge in [0.15, 0.2) is 25.5 Å². The van der Waals surface area contributed by atoms with Crippen LogP contribution in [-0.2, 0) is 19.7 Å². The molecule has 39 heavy (non-hydrogen) atoms. The van der Waals surface area contributed by atoms with E-state index in [2.05, 4.69) is 5.32 Å². The van der Waals surface area contributed by atoms with Crippen molar-refractivity contribution in [2.75, 3.05) is 18.6 Å². The summed E-state index contributed by atoms with van der Waals surface area (Å²) >= 11 is 0. The molecule has 0 heterocycles. The van der Waals surface area contributed by atoms with Crippen LogP contribution in [0.25, 0.3) is 0 Å². The maximum atomic E-state index is 13.4. The number of benzene rings is 3. The van der Waals surface area contributed by atoms with Crippen LogP contribution in [0.2, 0.25) is 0 Å². The van der Waals surface area contributed by atoms with Gasteiger partial charge >= 0.3 is 0 Å². The summed E-state index contributed by atoms with van der Waals surface area (Å²) in [6.07, 6.45) is 0. The molecule has 0 saturated heterocycles. The molecule has 9 heteroatoms. The van der Waals surface area contributed by atoms with Crippen molar-refractivity contribution in [3.63, 3.8) is 0 Å². The second kappa shape index (κ2) is 15.3. The highest BCUT2D eigenvalue weighted by Gasteiger charge is 2.32. The van der Waals surface area contributed by atoms with Crippen molar-refractivity contribution in [1.82, 2.24) is 5.32 Å². The first kappa shape index (κ1) is 33.7. The van der Waals surface area contributed by atoms with Gasteiger partial charge in [0.2, 0.25) is 0 Å². The third-order valence-corrected chi connectivity index (χ3v) is 9.29. The summed E-state index contributed by atoms with van der Waals surface area (Å²) in [7, 11) is -6.46. The molecule has 7 nitrogen and oxygen atoms in total. The van der Waals surface area contributed by atoms with E-state index >= 15 is 0 Å². The molecule has 212 valence electrons. The second-order valence-electron chi connectivity index (χ2n) is 8.41. The molecule has 3 aromatic rings. The SMILES string of the molecule is CC.CC.CNC(=O)c1ccc(C(=O)C(CS(=O)(=O)c2ccc(C)cc2)CS(=O)(=O)c2ccc(C)cc2)cc1. The Morgan fingerprint density at radius 3 is 1.28 bits per heavy atom. The largest absolute Gasteiger partial charge is 0.355 e. The maximum Gasteiger partial charge on any atom is 0.251 e. The van der Waals surface area contributed by atoms with Crippen molar-refractivity contribution in [2.24, 2.45) is 5.92 Å². The smallest absolute Gasteiger partial charge is 0.251 e. The van der Waals surface area contributed by atoms with Gasteiger partial charge in [-0.2, -0.15) is 0 Å². The molecule has 1 amide bonds. The van der Waals surface area contributed by atoms with Crippen LogP contribution in [0.3, 0.4) is 0 Å². The second-order valence-corrected chi connectivity index (χ2v) is 12.5. The number of hydrogen-bond acceptors (Lipinski definition) is 6. The van der Waals surface area contributed by atoms with Crippen LogP contribution in [0.5, 0.6) is 0 Å². The maximum absolute atomic E-state index is 13.4. The van der Waals surface area contributed by atoms with E-state index in [9.17, 15) is 26.4 Å². The third kappa shape index (κ3) is 9.44. The number of carbonyl (C=O) groups is 2. The van der Waals surface area contributed by atoms with Crippen molar-refractivity contribution >= 4 is 31.4 Å². The summed E-state index contributed by atoms with van der Waals surface area (Å²) in [6, 6.07) is 18.0. The normalized spacial score (nSPS) is 11.0. The molecule has 0 aliphatic rings. The Kier molecular flexibility index (Phi) is 13.3. The van der Waals surface area contributed by atoms with Gasteiger partial charge in [0.1, 0.15) is 0 Å². The minimum absolute atomic E-state index is 0.0172. The molecule has 0 atom stereocenters. The van der Waals surface area contributed by atoms with Crippen LogP contribution in [0.15, 0.2) is 82.6 Å². The van der Waals surface area contributed by atoms with E-state index in [1.54, 1.807) is 24.3 Å². The molecule has 0 bridgehead atoms. The van der Waals surface area contributed by atoms with E-state index in [1.807, 2.05) is 41.5 Å². The molecular formula is C30H39NO6S2. The molecule has 0 aliphatic carbocycles. The van der Waals surface area contributed by atoms with Crippen LogP contribution >= 0.6 is 0 Å². The van der Waals surface area contributed by atoms with Gasteiger partial charge in [-0.25, -0.2) is 16.8 Å². The zero-order valence-corrected chi connectivity index (χ0v) is 25.3. The fourth-order valence-corrected chi connectivity index (χ4v) is 6.81. The van der Waals surface area contributed by atoms with Crippen LogP contribution in [0.1, 0.15) is 59.5 Å². The van der Waals surface area contributed by atoms with Gasteiger partial charge in [0.25, 0.3) is 5.91 Å². The molecule has 1 N–H and O–H groups in total. The average Bonchev–Trinajstić information content (AvgIpc) is 2.94. The quantitative estimate of drug-likeness (QED) is 0.340. The number of amides is 1. The number of nitrogens with one attached hydrogen (secondary N) is 1. The molecule has 0 fully saturated rings. The summed E-state index contributed by atoms with van der Waals surface area (Å²) in [6.45, 7) is 11.6. The Labute approximate surface area is 233 Å². The van der Waals surface area contributed by atoms with Crippen LogP contribution in [0.4, 0.5) is 0 Å². The van der Waals surface area contributed by atoms with E-state index < -0.39 is 42.9 Å². The van der Waals surface area contributed by atoms with Gasteiger partial charge in [0.05, 0.1) is 27.2 Å². The highest BCUT2D eigenvalue weighted by molar-refractivity contribution is 7.92. The Morgan fingerprint density at radius 2 is 0.949 bits per heavy atom. The molecule has 0 aliphatic heterocycles. The van der Waals surface area contributed by atoms with Crippen molar-refractivity contribution in [3.8, 4) is 0 Å². The predicted octanol–water partition coefficient (Wildman–Crippen LogP) is 5.46. The lowest BCUT2D eigenvalue weighted by atomic mass is 9.99. The van der Waals surface area contributed by atoms with Gasteiger partial charge < -0.3 is 5.32 Å². The monoisotopic (exact) mass is 573 g/mol. The van der Waals surface area contributed by atoms with Gasteiger partial charge in [0, 0.05) is 18.2 Å². The van der Waals surface area contributed by atoms with Crippen LogP contribution < -0.4 is 5.32 Å². The number of carbonyl (C=O) groups excluding carboxylic acids is 2. The van der Waals surface area contributed by atoms with Gasteiger partial charge in [-0.15, -0.1) is 0 Å². The van der Waals surface area contributed by atoms with Gasteiger partial charge in [-0.3, -0.25) is 9.59 Å². The number of sulfone groups is 2. The van der Waals surface area contributed by atoms with Crippen molar-refractivity contribution < 1.29 is 26.4 Å². The molecule has 0 unspecified atom stereocenters. The first-order chi connectivity index (χ1) is 18.4. The van der Waals surface area contributed by atoms with Crippen LogP contribution in [0, 0.1) is 19.8 Å². The minimum atomic E-state index is -3.97. The number of rotatable bonds is 9. The van der Waals surface area contributed by atoms with E-state index in [0.29, 0.717) is 5.56 Å². The highest BCUT2D eigenvalue weighted by atomic mass is 32.2. The van der Waals surface area contributed by atoms with Crippen molar-refractivity contribution in [2.45, 2.75) is 51.3 Å². The molecule has 0 aromatic heterocycles. The van der Waals surface area contributed by atoms with E-state index in [1.165, 1.54) is 55.6 Å². The van der Waals surface area contributed by atoms with Crippen LogP contribution in [-0.4, -0.2) is 47.1 Å². The Balaban J connectivity index is 0.00000181. The first-order valence-corrected chi connectivity index (χ1v) is 16.2. The van der Waals surface area contributed by atoms with E-state index in [0.717, 1.165) is 11.1 Å². The lowest BCUT2D eigenvalue weighted by Crippen LogP contribution is -2.31. The zero-order valence-electron chi connectivity index (χ0n) is 23.7. The molecule has 0 spiro atoms. The summed E-state index contributed by atoms with van der Waals surface area (Å²) in [5.74, 6) is -3.66. The lowest BCUT2D eigenvalue weighted by Gasteiger charge is -2.17. The molecular weight excluding hydrogens is 534 g/mol. The first-order valence-electron chi connectivity index (χ1n) is 12.9. The number of aryl methyl sites for hydroxylation is 2. The van der Waals surface area contributed by atoms with Crippen molar-refractivity contribution in [3.05, 3.63) is 95.1 Å². The number of Topliss-reactive ketones (excluding diaryl/α,β-unsaturated/α-hetero) is 1. The minimum Gasteiger partial charge on any atom is -0.355 e. The lowest BCUT2D eigenvalue weighted by molar-refractivity contribution is 0.0937. The topological polar surface area (TPSA) is 114 Å². The summed E-state index contributed by atoms with van der Waals surface area (Å²) in [4.78, 5) is 25.2.